The summed E-state index contributed by atoms with van der Waals surface area (Å²) < 4.78 is 0. The zero-order valence-corrected chi connectivity index (χ0v) is 8.77. The second kappa shape index (κ2) is 2.75. The van der Waals surface area contributed by atoms with Gasteiger partial charge in [-0.2, -0.15) is 0 Å². The van der Waals surface area contributed by atoms with Gasteiger partial charge in [0.15, 0.2) is 0 Å². The van der Waals surface area contributed by atoms with Gasteiger partial charge in [-0.05, 0) is 42.4 Å². The molecule has 0 aromatic heterocycles. The van der Waals surface area contributed by atoms with Crippen molar-refractivity contribution in [2.45, 2.75) is 52.9 Å². The van der Waals surface area contributed by atoms with Gasteiger partial charge >= 0.3 is 0 Å². The van der Waals surface area contributed by atoms with Gasteiger partial charge < -0.3 is 0 Å². The molecule has 0 N–H and O–H groups in total. The Labute approximate surface area is 76.7 Å². The fraction of sp³-hybridized carbons (Fsp3) is 1.00. The molecular weight excluding hydrogens is 144 g/mol. The standard InChI is InChI=1S/C12H22/c1-4-5-11-7-12(8-11)6-9(2)10(12)3/h9-11H,4-8H2,1-3H3. The molecule has 2 aliphatic rings. The van der Waals surface area contributed by atoms with Gasteiger partial charge in [-0.15, -0.1) is 0 Å². The molecule has 0 nitrogen and oxygen atoms in total. The van der Waals surface area contributed by atoms with Crippen LogP contribution < -0.4 is 0 Å². The highest BCUT2D eigenvalue weighted by atomic mass is 14.6. The Balaban J connectivity index is 1.80. The van der Waals surface area contributed by atoms with Crippen molar-refractivity contribution in [1.29, 1.82) is 0 Å². The summed E-state index contributed by atoms with van der Waals surface area (Å²) in [5.74, 6) is 3.16. The second-order valence-corrected chi connectivity index (χ2v) is 5.40. The Morgan fingerprint density at radius 3 is 2.25 bits per heavy atom. The van der Waals surface area contributed by atoms with E-state index in [1.807, 2.05) is 0 Å². The first-order chi connectivity index (χ1) is 5.68. The van der Waals surface area contributed by atoms with Crippen molar-refractivity contribution in [1.82, 2.24) is 0 Å². The molecule has 2 aliphatic carbocycles. The Bertz CT molecular complexity index is 165. The monoisotopic (exact) mass is 166 g/mol. The van der Waals surface area contributed by atoms with Crippen LogP contribution in [0.3, 0.4) is 0 Å². The molecule has 0 aromatic rings. The molecule has 12 heavy (non-hydrogen) atoms. The van der Waals surface area contributed by atoms with Crippen LogP contribution in [0.5, 0.6) is 0 Å². The number of hydrogen-bond acceptors (Lipinski definition) is 0. The van der Waals surface area contributed by atoms with Crippen molar-refractivity contribution in [2.75, 3.05) is 0 Å². The van der Waals surface area contributed by atoms with E-state index in [9.17, 15) is 0 Å². The lowest BCUT2D eigenvalue weighted by Gasteiger charge is -2.62. The van der Waals surface area contributed by atoms with Crippen LogP contribution in [0.4, 0.5) is 0 Å². The van der Waals surface area contributed by atoms with Crippen LogP contribution in [0.15, 0.2) is 0 Å². The van der Waals surface area contributed by atoms with Crippen LogP contribution in [0.25, 0.3) is 0 Å². The number of rotatable bonds is 2. The molecule has 2 saturated carbocycles. The van der Waals surface area contributed by atoms with Crippen LogP contribution in [0.2, 0.25) is 0 Å². The minimum Gasteiger partial charge on any atom is -0.0654 e. The largest absolute Gasteiger partial charge is 0.0654 e. The summed E-state index contributed by atoms with van der Waals surface area (Å²) in [5.41, 5.74) is 0.846. The van der Waals surface area contributed by atoms with Gasteiger partial charge in [-0.1, -0.05) is 33.6 Å². The molecule has 0 saturated heterocycles. The van der Waals surface area contributed by atoms with E-state index in [0.717, 1.165) is 23.2 Å². The first-order valence-electron chi connectivity index (χ1n) is 5.68. The Morgan fingerprint density at radius 1 is 1.17 bits per heavy atom. The maximum absolute atomic E-state index is 2.47. The Kier molecular flexibility index (Phi) is 1.97. The average Bonchev–Trinajstić information content (AvgIpc) is 2.00. The van der Waals surface area contributed by atoms with Crippen molar-refractivity contribution in [3.63, 3.8) is 0 Å². The molecule has 2 unspecified atom stereocenters. The van der Waals surface area contributed by atoms with Crippen molar-refractivity contribution in [2.24, 2.45) is 23.2 Å². The summed E-state index contributed by atoms with van der Waals surface area (Å²) in [6, 6.07) is 0. The van der Waals surface area contributed by atoms with Gasteiger partial charge in [-0.25, -0.2) is 0 Å². The van der Waals surface area contributed by atoms with Gasteiger partial charge in [0.1, 0.15) is 0 Å². The lowest BCUT2D eigenvalue weighted by molar-refractivity contribution is -0.124. The van der Waals surface area contributed by atoms with Gasteiger partial charge in [0.05, 0.1) is 0 Å². The van der Waals surface area contributed by atoms with Gasteiger partial charge in [0.2, 0.25) is 0 Å². The summed E-state index contributed by atoms with van der Waals surface area (Å²) >= 11 is 0. The van der Waals surface area contributed by atoms with Crippen LogP contribution in [-0.4, -0.2) is 0 Å². The third-order valence-electron chi connectivity index (χ3n) is 4.64. The molecule has 0 bridgehead atoms. The molecule has 0 aliphatic heterocycles. The predicted molar refractivity (Wildman–Crippen MR) is 53.0 cm³/mol. The molecule has 0 heterocycles. The zero-order chi connectivity index (χ0) is 8.77. The van der Waals surface area contributed by atoms with Crippen molar-refractivity contribution in [3.05, 3.63) is 0 Å². The van der Waals surface area contributed by atoms with E-state index in [1.54, 1.807) is 12.8 Å². The molecule has 1 spiro atoms. The summed E-state index contributed by atoms with van der Waals surface area (Å²) in [6.07, 6.45) is 7.54. The van der Waals surface area contributed by atoms with Crippen LogP contribution in [-0.2, 0) is 0 Å². The third-order valence-corrected chi connectivity index (χ3v) is 4.64. The van der Waals surface area contributed by atoms with Crippen LogP contribution in [0, 0.1) is 23.2 Å². The Morgan fingerprint density at radius 2 is 1.83 bits per heavy atom. The van der Waals surface area contributed by atoms with Crippen LogP contribution in [0.1, 0.15) is 52.9 Å². The van der Waals surface area contributed by atoms with Gasteiger partial charge in [0.25, 0.3) is 0 Å². The molecule has 2 atom stereocenters. The van der Waals surface area contributed by atoms with E-state index in [0.29, 0.717) is 0 Å². The van der Waals surface area contributed by atoms with Crippen molar-refractivity contribution in [3.8, 4) is 0 Å². The fourth-order valence-corrected chi connectivity index (χ4v) is 3.69. The van der Waals surface area contributed by atoms with E-state index in [2.05, 4.69) is 20.8 Å². The van der Waals surface area contributed by atoms with Crippen molar-refractivity contribution < 1.29 is 0 Å². The highest BCUT2D eigenvalue weighted by Crippen LogP contribution is 2.65. The third kappa shape index (κ3) is 1.03. The van der Waals surface area contributed by atoms with Gasteiger partial charge in [0, 0.05) is 0 Å². The lowest BCUT2D eigenvalue weighted by atomic mass is 9.43. The normalized spacial score (nSPS) is 51.8. The summed E-state index contributed by atoms with van der Waals surface area (Å²) in [6.45, 7) is 7.21. The van der Waals surface area contributed by atoms with Crippen LogP contribution >= 0.6 is 0 Å². The molecular formula is C12H22. The predicted octanol–water partition coefficient (Wildman–Crippen LogP) is 3.86. The van der Waals surface area contributed by atoms with E-state index in [1.165, 1.54) is 19.3 Å². The molecule has 0 aromatic carbocycles. The molecule has 0 radical (unpaired) electrons. The summed E-state index contributed by atoms with van der Waals surface area (Å²) in [7, 11) is 0. The SMILES string of the molecule is CCCC1CC2(C1)CC(C)C2C. The van der Waals surface area contributed by atoms with Gasteiger partial charge in [-0.3, -0.25) is 0 Å². The van der Waals surface area contributed by atoms with E-state index >= 15 is 0 Å². The summed E-state index contributed by atoms with van der Waals surface area (Å²) in [4.78, 5) is 0. The lowest BCUT2D eigenvalue weighted by Crippen LogP contribution is -2.53. The van der Waals surface area contributed by atoms with Crippen molar-refractivity contribution >= 4 is 0 Å². The highest BCUT2D eigenvalue weighted by Gasteiger charge is 2.55. The number of hydrogen-bond donors (Lipinski definition) is 0. The molecule has 2 rings (SSSR count). The molecule has 2 fully saturated rings. The summed E-state index contributed by atoms with van der Waals surface area (Å²) in [5, 5.41) is 0. The van der Waals surface area contributed by atoms with E-state index in [-0.39, 0.29) is 0 Å². The van der Waals surface area contributed by atoms with E-state index < -0.39 is 0 Å². The van der Waals surface area contributed by atoms with E-state index in [4.69, 9.17) is 0 Å². The smallest absolute Gasteiger partial charge is 0.0261 e. The minimum absolute atomic E-state index is 0.846. The zero-order valence-electron chi connectivity index (χ0n) is 8.77. The average molecular weight is 166 g/mol. The minimum atomic E-state index is 0.846. The first kappa shape index (κ1) is 8.59. The highest BCUT2D eigenvalue weighted by molar-refractivity contribution is 5.05. The molecule has 0 heteroatoms. The quantitative estimate of drug-likeness (QED) is 0.584. The fourth-order valence-electron chi connectivity index (χ4n) is 3.69. The molecule has 70 valence electrons. The topological polar surface area (TPSA) is 0 Å². The Hall–Kier alpha value is 0. The first-order valence-corrected chi connectivity index (χ1v) is 5.68. The maximum atomic E-state index is 2.47. The molecule has 0 amide bonds. The maximum Gasteiger partial charge on any atom is -0.0261 e. The second-order valence-electron chi connectivity index (χ2n) is 5.40.